The number of hydrogen-bond donors (Lipinski definition) is 1. The van der Waals surface area contributed by atoms with E-state index in [0.29, 0.717) is 12.1 Å². The number of hydrogen-bond acceptors (Lipinski definition) is 6. The van der Waals surface area contributed by atoms with Crippen molar-refractivity contribution in [2.45, 2.75) is 78.5 Å². The topological polar surface area (TPSA) is 53.3 Å². The minimum absolute atomic E-state index is 0.175. The van der Waals surface area contributed by atoms with E-state index < -0.39 is 6.11 Å². The Hall–Kier alpha value is -2.20. The van der Waals surface area contributed by atoms with Crippen molar-refractivity contribution in [3.8, 4) is 11.4 Å². The third-order valence-corrected chi connectivity index (χ3v) is 8.07. The summed E-state index contributed by atoms with van der Waals surface area (Å²) in [5, 5.41) is 7.00. The van der Waals surface area contributed by atoms with Crippen molar-refractivity contribution in [2.24, 2.45) is 0 Å². The lowest BCUT2D eigenvalue weighted by Crippen LogP contribution is -2.47. The summed E-state index contributed by atoms with van der Waals surface area (Å²) < 4.78 is 38.9. The maximum Gasteiger partial charge on any atom is 0.394 e. The van der Waals surface area contributed by atoms with Crippen molar-refractivity contribution < 1.29 is 23.4 Å². The molecule has 3 aliphatic heterocycles. The molecule has 0 aliphatic carbocycles. The van der Waals surface area contributed by atoms with E-state index in [4.69, 9.17) is 14.6 Å². The highest BCUT2D eigenvalue weighted by Crippen LogP contribution is 2.33. The summed E-state index contributed by atoms with van der Waals surface area (Å²) in [5.41, 5.74) is 4.71. The molecule has 3 fully saturated rings. The van der Waals surface area contributed by atoms with Gasteiger partial charge in [-0.2, -0.15) is 8.78 Å². The molecule has 226 valence electrons. The molecule has 0 bridgehead atoms. The molecule has 5 rings (SSSR count). The van der Waals surface area contributed by atoms with Gasteiger partial charge in [0.15, 0.2) is 0 Å². The number of aromatic nitrogens is 1. The summed E-state index contributed by atoms with van der Waals surface area (Å²) in [6, 6.07) is 10.6. The van der Waals surface area contributed by atoms with Crippen LogP contribution in [0.15, 0.2) is 30.3 Å². The zero-order valence-corrected chi connectivity index (χ0v) is 25.3. The zero-order chi connectivity index (χ0) is 29.3. The van der Waals surface area contributed by atoms with Crippen molar-refractivity contribution in [1.29, 1.82) is 0 Å². The van der Waals surface area contributed by atoms with E-state index in [1.807, 2.05) is 26.0 Å². The maximum atomic E-state index is 13.2. The van der Waals surface area contributed by atoms with Crippen molar-refractivity contribution in [2.75, 3.05) is 64.5 Å². The quantitative estimate of drug-likeness (QED) is 0.490. The number of ether oxygens (including phenoxy) is 2. The predicted octanol–water partition coefficient (Wildman–Crippen LogP) is 5.35. The van der Waals surface area contributed by atoms with Crippen LogP contribution in [0.25, 0.3) is 5.69 Å². The van der Waals surface area contributed by atoms with E-state index in [1.165, 1.54) is 43.7 Å². The van der Waals surface area contributed by atoms with Gasteiger partial charge in [-0.25, -0.2) is 0 Å². The molecule has 0 spiro atoms. The lowest BCUT2D eigenvalue weighted by molar-refractivity contribution is -0.158. The van der Waals surface area contributed by atoms with E-state index in [-0.39, 0.29) is 5.75 Å². The minimum atomic E-state index is -3.18. The number of likely N-dealkylation sites (tertiary alicyclic amines) is 1. The summed E-state index contributed by atoms with van der Waals surface area (Å²) in [7, 11) is 1.00. The zero-order valence-electron chi connectivity index (χ0n) is 25.3. The molecule has 1 unspecified atom stereocenters. The van der Waals surface area contributed by atoms with Crippen LogP contribution in [0.4, 0.5) is 14.5 Å². The molecule has 1 aromatic carbocycles. The standard InChI is InChI=1S/C28H40F2N4O2.C2H6.CH4O/c1-4-26-27(19-21(2)34(26)23-5-7-25(8-6-23)36-28(3,29)30)32-12-9-22(10-13-32)33-14-11-24(20-33)31-15-17-35-18-16-31;2*1-2/h5-8,19,22,24H,4,9-18,20H2,1-3H3;1-2H3;2H,1H3. The largest absolute Gasteiger partial charge is 0.433 e. The molecule has 4 heterocycles. The highest BCUT2D eigenvalue weighted by atomic mass is 19.3. The number of rotatable bonds is 7. The average Bonchev–Trinajstić information content (AvgIpc) is 3.60. The Kier molecular flexibility index (Phi) is 12.2. The third-order valence-electron chi connectivity index (χ3n) is 8.07. The molecule has 0 saturated carbocycles. The molecule has 0 radical (unpaired) electrons. The number of morpholine rings is 1. The molecule has 0 amide bonds. The van der Waals surface area contributed by atoms with Crippen LogP contribution < -0.4 is 9.64 Å². The number of halogens is 2. The van der Waals surface area contributed by atoms with Gasteiger partial charge in [0.05, 0.1) is 18.9 Å². The Balaban J connectivity index is 0.00000106. The normalized spacial score (nSPS) is 20.9. The number of aliphatic hydroxyl groups is 1. The van der Waals surface area contributed by atoms with Gasteiger partial charge in [0.2, 0.25) is 0 Å². The molecule has 40 heavy (non-hydrogen) atoms. The summed E-state index contributed by atoms with van der Waals surface area (Å²) in [5.74, 6) is 0.175. The highest BCUT2D eigenvalue weighted by Gasteiger charge is 2.34. The van der Waals surface area contributed by atoms with Crippen LogP contribution >= 0.6 is 0 Å². The second-order valence-corrected chi connectivity index (χ2v) is 10.5. The number of piperidine rings is 1. The van der Waals surface area contributed by atoms with E-state index >= 15 is 0 Å². The molecule has 3 saturated heterocycles. The van der Waals surface area contributed by atoms with Gasteiger partial charge in [-0.1, -0.05) is 20.8 Å². The molecule has 9 heteroatoms. The first-order valence-corrected chi connectivity index (χ1v) is 15.0. The average molecular weight is 565 g/mol. The monoisotopic (exact) mass is 564 g/mol. The van der Waals surface area contributed by atoms with Gasteiger partial charge in [-0.15, -0.1) is 0 Å². The first-order valence-electron chi connectivity index (χ1n) is 15.0. The smallest absolute Gasteiger partial charge is 0.394 e. The second-order valence-electron chi connectivity index (χ2n) is 10.5. The fraction of sp³-hybridized carbons (Fsp3) is 0.677. The van der Waals surface area contributed by atoms with Crippen molar-refractivity contribution >= 4 is 5.69 Å². The molecular weight excluding hydrogens is 514 g/mol. The Morgan fingerprint density at radius 2 is 1.52 bits per heavy atom. The first kappa shape index (κ1) is 32.3. The number of aliphatic hydroxyl groups excluding tert-OH is 1. The fourth-order valence-electron chi connectivity index (χ4n) is 6.33. The van der Waals surface area contributed by atoms with Crippen LogP contribution in [0.2, 0.25) is 0 Å². The molecule has 2 aromatic rings. The van der Waals surface area contributed by atoms with Crippen LogP contribution in [-0.4, -0.2) is 97.3 Å². The molecule has 1 atom stereocenters. The Labute approximate surface area is 239 Å². The lowest BCUT2D eigenvalue weighted by atomic mass is 10.0. The van der Waals surface area contributed by atoms with Crippen LogP contribution in [-0.2, 0) is 11.2 Å². The Morgan fingerprint density at radius 1 is 0.925 bits per heavy atom. The van der Waals surface area contributed by atoms with Gasteiger partial charge in [0, 0.05) is 82.5 Å². The minimum Gasteiger partial charge on any atom is -0.433 e. The van der Waals surface area contributed by atoms with E-state index in [9.17, 15) is 8.78 Å². The van der Waals surface area contributed by atoms with Crippen LogP contribution in [0.5, 0.6) is 5.75 Å². The van der Waals surface area contributed by atoms with Gasteiger partial charge in [-0.3, -0.25) is 9.80 Å². The van der Waals surface area contributed by atoms with Gasteiger partial charge in [0.25, 0.3) is 0 Å². The Morgan fingerprint density at radius 3 is 2.10 bits per heavy atom. The number of benzene rings is 1. The first-order chi connectivity index (χ1) is 19.3. The van der Waals surface area contributed by atoms with E-state index in [2.05, 4.69) is 39.2 Å². The Bertz CT molecular complexity index is 1010. The van der Waals surface area contributed by atoms with Crippen molar-refractivity contribution in [3.05, 3.63) is 41.7 Å². The summed E-state index contributed by atoms with van der Waals surface area (Å²) in [6.07, 6.45) is 1.39. The van der Waals surface area contributed by atoms with Crippen LogP contribution in [0.3, 0.4) is 0 Å². The molecule has 7 nitrogen and oxygen atoms in total. The lowest BCUT2D eigenvalue weighted by Gasteiger charge is -2.38. The number of alkyl halides is 2. The van der Waals surface area contributed by atoms with Gasteiger partial charge in [0.1, 0.15) is 5.75 Å². The van der Waals surface area contributed by atoms with Crippen molar-refractivity contribution in [1.82, 2.24) is 14.4 Å². The molecule has 1 aromatic heterocycles. The number of aryl methyl sites for hydroxylation is 1. The SMILES string of the molecule is CC.CCc1c(N2CCC(N3CCC(N4CCOCC4)C3)CC2)cc(C)n1-c1ccc(OC(C)(F)F)cc1.CO. The summed E-state index contributed by atoms with van der Waals surface area (Å²) in [6.45, 7) is 17.5. The van der Waals surface area contributed by atoms with Gasteiger partial charge < -0.3 is 24.0 Å². The summed E-state index contributed by atoms with van der Waals surface area (Å²) >= 11 is 0. The van der Waals surface area contributed by atoms with Crippen LogP contribution in [0, 0.1) is 6.92 Å². The predicted molar refractivity (Wildman–Crippen MR) is 158 cm³/mol. The highest BCUT2D eigenvalue weighted by molar-refractivity contribution is 5.58. The third kappa shape index (κ3) is 7.96. The number of anilines is 1. The summed E-state index contributed by atoms with van der Waals surface area (Å²) in [4.78, 5) is 7.91. The van der Waals surface area contributed by atoms with E-state index in [1.54, 1.807) is 12.1 Å². The maximum absolute atomic E-state index is 13.2. The van der Waals surface area contributed by atoms with Crippen LogP contribution in [0.1, 0.15) is 58.3 Å². The second kappa shape index (κ2) is 15.1. The fourth-order valence-corrected chi connectivity index (χ4v) is 6.33. The molecular formula is C31H50F2N4O3. The van der Waals surface area contributed by atoms with Crippen molar-refractivity contribution in [3.63, 3.8) is 0 Å². The van der Waals surface area contributed by atoms with Gasteiger partial charge in [-0.05, 0) is 62.9 Å². The van der Waals surface area contributed by atoms with E-state index in [0.717, 1.165) is 71.2 Å². The van der Waals surface area contributed by atoms with Gasteiger partial charge >= 0.3 is 6.11 Å². The number of nitrogens with zero attached hydrogens (tertiary/aromatic N) is 4. The molecule has 1 N–H and O–H groups in total. The molecule has 3 aliphatic rings.